The van der Waals surface area contributed by atoms with Gasteiger partial charge in [-0.25, -0.2) is 0 Å². The SMILES string of the molecule is Cc1c[c-]c(-c2cc(C)c(C)cn2)cc1.Cc1cccnc1-c1[c-]cc2c(c1)-c1cccc(C)c1-c1ccccc1S2.[Ir]. The Morgan fingerprint density at radius 2 is 1.35 bits per heavy atom. The molecule has 3 heterocycles. The van der Waals surface area contributed by atoms with E-state index in [1.54, 1.807) is 0 Å². The summed E-state index contributed by atoms with van der Waals surface area (Å²) in [6.07, 6.45) is 3.77. The Bertz CT molecular complexity index is 1910. The topological polar surface area (TPSA) is 25.8 Å². The molecule has 2 nitrogen and oxygen atoms in total. The molecule has 0 amide bonds. The number of hydrogen-bond donors (Lipinski definition) is 0. The van der Waals surface area contributed by atoms with Gasteiger partial charge in [0.15, 0.2) is 0 Å². The number of pyridine rings is 2. The van der Waals surface area contributed by atoms with E-state index in [1.165, 1.54) is 59.9 Å². The van der Waals surface area contributed by atoms with Crippen molar-refractivity contribution in [3.05, 3.63) is 143 Å². The summed E-state index contributed by atoms with van der Waals surface area (Å²) in [5.41, 5.74) is 15.5. The summed E-state index contributed by atoms with van der Waals surface area (Å²) in [4.78, 5) is 11.5. The zero-order valence-electron chi connectivity index (χ0n) is 25.0. The normalized spacial score (nSPS) is 11.1. The number of aromatic nitrogens is 2. The first-order chi connectivity index (χ1) is 20.4. The second kappa shape index (κ2) is 13.2. The largest absolute Gasteiger partial charge is 0.304 e. The summed E-state index contributed by atoms with van der Waals surface area (Å²) in [6.45, 7) is 10.5. The average Bonchev–Trinajstić information content (AvgIpc) is 3.14. The molecule has 0 atom stereocenters. The van der Waals surface area contributed by atoms with E-state index in [4.69, 9.17) is 0 Å². The third-order valence-corrected chi connectivity index (χ3v) is 8.87. The number of rotatable bonds is 2. The molecule has 0 saturated carbocycles. The van der Waals surface area contributed by atoms with E-state index >= 15 is 0 Å². The number of benzene rings is 4. The van der Waals surface area contributed by atoms with Gasteiger partial charge in [0.25, 0.3) is 0 Å². The van der Waals surface area contributed by atoms with E-state index in [0.717, 1.165) is 22.5 Å². The average molecular weight is 753 g/mol. The van der Waals surface area contributed by atoms with Crippen LogP contribution in [0.1, 0.15) is 27.8 Å². The summed E-state index contributed by atoms with van der Waals surface area (Å²) < 4.78 is 0. The monoisotopic (exact) mass is 753 g/mol. The molecule has 0 aliphatic carbocycles. The van der Waals surface area contributed by atoms with Gasteiger partial charge in [0.1, 0.15) is 0 Å². The second-order valence-corrected chi connectivity index (χ2v) is 11.9. The van der Waals surface area contributed by atoms with Crippen molar-refractivity contribution in [3.63, 3.8) is 0 Å². The molecule has 0 saturated heterocycles. The van der Waals surface area contributed by atoms with E-state index in [9.17, 15) is 0 Å². The summed E-state index contributed by atoms with van der Waals surface area (Å²) >= 11 is 1.83. The molecule has 0 spiro atoms. The molecule has 1 aliphatic rings. The molecule has 6 aromatic rings. The zero-order valence-corrected chi connectivity index (χ0v) is 28.2. The van der Waals surface area contributed by atoms with Crippen molar-refractivity contribution in [2.45, 2.75) is 44.4 Å². The van der Waals surface area contributed by atoms with Gasteiger partial charge in [0.05, 0.1) is 0 Å². The Kier molecular flexibility index (Phi) is 9.42. The minimum absolute atomic E-state index is 0. The molecule has 4 aromatic carbocycles. The standard InChI is InChI=1S/C25H18NS.C14H14N.Ir/c1-16-7-5-10-19-21-15-18(25-17(2)8-6-14-26-25)12-13-23(21)27-22-11-4-3-9-20(22)24(16)19;1-10-4-6-13(7-5-10)14-8-11(2)12(3)9-15-14;/h3-11,13-15H,1-2H3;4-6,8-9H,1-3H3;/q2*-1;. The molecule has 7 rings (SSSR count). The van der Waals surface area contributed by atoms with Crippen LogP contribution in [-0.4, -0.2) is 9.97 Å². The summed E-state index contributed by atoms with van der Waals surface area (Å²) in [5, 5.41) is 0. The van der Waals surface area contributed by atoms with Crippen LogP contribution in [0.3, 0.4) is 0 Å². The van der Waals surface area contributed by atoms with Gasteiger partial charge >= 0.3 is 0 Å². The first-order valence-electron chi connectivity index (χ1n) is 14.2. The maximum absolute atomic E-state index is 4.60. The van der Waals surface area contributed by atoms with Gasteiger partial charge < -0.3 is 9.97 Å². The fourth-order valence-corrected chi connectivity index (χ4v) is 6.30. The van der Waals surface area contributed by atoms with Crippen molar-refractivity contribution in [1.29, 1.82) is 0 Å². The third-order valence-electron chi connectivity index (χ3n) is 7.73. The van der Waals surface area contributed by atoms with Crippen LogP contribution < -0.4 is 0 Å². The van der Waals surface area contributed by atoms with Crippen LogP contribution in [0, 0.1) is 46.8 Å². The molecule has 1 aliphatic heterocycles. The number of aryl methyl sites for hydroxylation is 5. The maximum atomic E-state index is 4.60. The molecule has 2 aromatic heterocycles. The molecule has 4 heteroatoms. The van der Waals surface area contributed by atoms with E-state index in [2.05, 4.69) is 136 Å². The Hall–Kier alpha value is -3.82. The van der Waals surface area contributed by atoms with Gasteiger partial charge in [0.2, 0.25) is 0 Å². The van der Waals surface area contributed by atoms with Crippen LogP contribution >= 0.6 is 11.8 Å². The molecular weight excluding hydrogens is 721 g/mol. The molecule has 0 unspecified atom stereocenters. The number of nitrogens with zero attached hydrogens (tertiary/aromatic N) is 2. The van der Waals surface area contributed by atoms with Crippen molar-refractivity contribution >= 4 is 11.8 Å². The summed E-state index contributed by atoms with van der Waals surface area (Å²) in [7, 11) is 0. The molecular formula is C39H32IrN2S-2. The minimum Gasteiger partial charge on any atom is -0.304 e. The first kappa shape index (κ1) is 30.6. The van der Waals surface area contributed by atoms with Crippen molar-refractivity contribution in [1.82, 2.24) is 9.97 Å². The zero-order chi connectivity index (χ0) is 29.2. The van der Waals surface area contributed by atoms with Crippen molar-refractivity contribution in [2.24, 2.45) is 0 Å². The fourth-order valence-electron chi connectivity index (χ4n) is 5.24. The molecule has 0 bridgehead atoms. The Balaban J connectivity index is 0.000000197. The van der Waals surface area contributed by atoms with Gasteiger partial charge in [-0.2, -0.15) is 0 Å². The molecule has 0 fully saturated rings. The maximum Gasteiger partial charge on any atom is 0.0192 e. The van der Waals surface area contributed by atoms with Crippen molar-refractivity contribution in [2.75, 3.05) is 0 Å². The first-order valence-corrected chi connectivity index (χ1v) is 15.0. The molecule has 215 valence electrons. The second-order valence-electron chi connectivity index (χ2n) is 10.8. The number of hydrogen-bond acceptors (Lipinski definition) is 3. The predicted molar refractivity (Wildman–Crippen MR) is 176 cm³/mol. The van der Waals surface area contributed by atoms with Gasteiger partial charge in [-0.15, -0.1) is 70.9 Å². The van der Waals surface area contributed by atoms with Crippen LogP contribution in [0.25, 0.3) is 44.8 Å². The Labute approximate surface area is 273 Å². The third kappa shape index (κ3) is 6.43. The summed E-state index contributed by atoms with van der Waals surface area (Å²) in [5.74, 6) is 0. The molecule has 43 heavy (non-hydrogen) atoms. The summed E-state index contributed by atoms with van der Waals surface area (Å²) in [6, 6.07) is 38.7. The van der Waals surface area contributed by atoms with E-state index in [1.807, 2.05) is 36.3 Å². The van der Waals surface area contributed by atoms with Gasteiger partial charge in [-0.3, -0.25) is 0 Å². The van der Waals surface area contributed by atoms with Crippen LogP contribution in [-0.2, 0) is 20.1 Å². The predicted octanol–water partition coefficient (Wildman–Crippen LogP) is 10.4. The van der Waals surface area contributed by atoms with E-state index in [0.29, 0.717) is 0 Å². The van der Waals surface area contributed by atoms with Crippen LogP contribution in [0.5, 0.6) is 0 Å². The number of fused-ring (bicyclic) bond motifs is 5. The molecule has 0 N–H and O–H groups in total. The molecule has 1 radical (unpaired) electrons. The van der Waals surface area contributed by atoms with Crippen LogP contribution in [0.15, 0.2) is 113 Å². The van der Waals surface area contributed by atoms with Gasteiger partial charge in [-0.1, -0.05) is 77.0 Å². The van der Waals surface area contributed by atoms with E-state index in [-0.39, 0.29) is 20.1 Å². The Morgan fingerprint density at radius 1 is 0.581 bits per heavy atom. The van der Waals surface area contributed by atoms with Gasteiger partial charge in [-0.05, 0) is 79.0 Å². The van der Waals surface area contributed by atoms with Crippen molar-refractivity contribution in [3.8, 4) is 44.8 Å². The Morgan fingerprint density at radius 3 is 2.12 bits per heavy atom. The van der Waals surface area contributed by atoms with Crippen molar-refractivity contribution < 1.29 is 20.1 Å². The minimum atomic E-state index is 0. The van der Waals surface area contributed by atoms with Gasteiger partial charge in [0, 0.05) is 37.4 Å². The quantitative estimate of drug-likeness (QED) is 0.165. The van der Waals surface area contributed by atoms with E-state index < -0.39 is 0 Å². The van der Waals surface area contributed by atoms with Crippen LogP contribution in [0.2, 0.25) is 0 Å². The smallest absolute Gasteiger partial charge is 0.0192 e. The fraction of sp³-hybridized carbons (Fsp3) is 0.128. The van der Waals surface area contributed by atoms with Crippen LogP contribution in [0.4, 0.5) is 0 Å².